The predicted octanol–water partition coefficient (Wildman–Crippen LogP) is 6.54. The van der Waals surface area contributed by atoms with Crippen molar-refractivity contribution < 1.29 is 19.1 Å². The van der Waals surface area contributed by atoms with Crippen molar-refractivity contribution in [1.82, 2.24) is 39.7 Å². The van der Waals surface area contributed by atoms with Crippen LogP contribution in [-0.4, -0.2) is 56.6 Å². The van der Waals surface area contributed by atoms with Crippen LogP contribution < -0.4 is 0 Å². The highest BCUT2D eigenvalue weighted by molar-refractivity contribution is 6.12. The summed E-state index contributed by atoms with van der Waals surface area (Å²) in [7, 11) is 1.79. The van der Waals surface area contributed by atoms with E-state index in [4.69, 9.17) is 10.1 Å². The third-order valence-corrected chi connectivity index (χ3v) is 10.1. The minimum Gasteiger partial charge on any atom is -0.481 e. The number of H-pyrrole nitrogens is 1. The second kappa shape index (κ2) is 12.7. The zero-order valence-corrected chi connectivity index (χ0v) is 28.6. The van der Waals surface area contributed by atoms with E-state index in [0.29, 0.717) is 34.8 Å². The first-order chi connectivity index (χ1) is 23.9. The fourth-order valence-corrected chi connectivity index (χ4v) is 7.06. The molecule has 6 bridgehead atoms. The lowest BCUT2D eigenvalue weighted by Gasteiger charge is -2.29. The molecule has 0 fully saturated rings. The molecule has 1 aliphatic heterocycles. The highest BCUT2D eigenvalue weighted by Crippen LogP contribution is 2.38. The third-order valence-electron chi connectivity index (χ3n) is 10.1. The van der Waals surface area contributed by atoms with Crippen LogP contribution in [-0.2, 0) is 35.6 Å². The summed E-state index contributed by atoms with van der Waals surface area (Å²) in [6.07, 6.45) is 8.93. The molecule has 0 radical (unpaired) electrons. The van der Waals surface area contributed by atoms with Crippen molar-refractivity contribution >= 4 is 22.7 Å². The molecule has 0 amide bonds. The van der Waals surface area contributed by atoms with Gasteiger partial charge in [0.25, 0.3) is 0 Å². The fraction of sp³-hybridized carbons (Fsp3) is 0.342. The smallest absolute Gasteiger partial charge is 0.303 e. The van der Waals surface area contributed by atoms with Crippen LogP contribution in [0.3, 0.4) is 0 Å². The molecule has 0 saturated heterocycles. The molecule has 2 N–H and O–H groups in total. The zero-order valence-electron chi connectivity index (χ0n) is 28.6. The van der Waals surface area contributed by atoms with Crippen LogP contribution in [0.2, 0.25) is 0 Å². The van der Waals surface area contributed by atoms with Crippen LogP contribution in [0.15, 0.2) is 67.1 Å². The van der Waals surface area contributed by atoms with Crippen molar-refractivity contribution in [2.75, 3.05) is 0 Å². The minimum atomic E-state index is -0.843. The first kappa shape index (κ1) is 33.0. The van der Waals surface area contributed by atoms with Crippen molar-refractivity contribution in [3.8, 4) is 11.5 Å². The summed E-state index contributed by atoms with van der Waals surface area (Å²) in [4.78, 5) is 38.3. The number of carbonyl (C=O) groups is 2. The van der Waals surface area contributed by atoms with Crippen LogP contribution in [0.5, 0.6) is 0 Å². The number of aromatic nitrogens is 8. The Labute approximate surface area is 288 Å². The van der Waals surface area contributed by atoms with Gasteiger partial charge in [0.1, 0.15) is 11.5 Å². The number of carboxylic acid groups (broad SMARTS) is 1. The van der Waals surface area contributed by atoms with E-state index in [9.17, 15) is 14.7 Å². The lowest BCUT2D eigenvalue weighted by molar-refractivity contribution is -0.136. The van der Waals surface area contributed by atoms with Gasteiger partial charge in [-0.15, -0.1) is 5.10 Å². The summed E-state index contributed by atoms with van der Waals surface area (Å²) in [5.41, 5.74) is 3.57. The van der Waals surface area contributed by atoms with Crippen LogP contribution in [0.1, 0.15) is 97.0 Å². The van der Waals surface area contributed by atoms with Crippen molar-refractivity contribution in [1.29, 1.82) is 0 Å². The monoisotopic (exact) mass is 674 g/mol. The van der Waals surface area contributed by atoms with Gasteiger partial charge in [0, 0.05) is 53.9 Å². The number of halogens is 1. The molecular formula is C38H39FN8O3. The Morgan fingerprint density at radius 2 is 1.90 bits per heavy atom. The first-order valence-corrected chi connectivity index (χ1v) is 16.9. The van der Waals surface area contributed by atoms with Crippen LogP contribution in [0.4, 0.5) is 4.39 Å². The van der Waals surface area contributed by atoms with Gasteiger partial charge in [-0.2, -0.15) is 5.10 Å². The number of rotatable bonds is 4. The van der Waals surface area contributed by atoms with Gasteiger partial charge in [-0.1, -0.05) is 56.2 Å². The van der Waals surface area contributed by atoms with Crippen molar-refractivity contribution in [2.24, 2.45) is 7.05 Å². The van der Waals surface area contributed by atoms with E-state index in [2.05, 4.69) is 47.1 Å². The zero-order chi connectivity index (χ0) is 35.2. The highest BCUT2D eigenvalue weighted by atomic mass is 19.1. The van der Waals surface area contributed by atoms with E-state index >= 15 is 4.39 Å². The Kier molecular flexibility index (Phi) is 8.41. The molecular weight excluding hydrogens is 635 g/mol. The SMILES string of the molecule is Cn1nc2nc1-c1cc(ccn1)C(=O)c1c(F)cc3[nH]ccc3c1Cn1cc(nn1)C(C)(C)CCCC[C@]2(C)c1cccc(CCC(=O)O)c1. The summed E-state index contributed by atoms with van der Waals surface area (Å²) in [5, 5.41) is 23.9. The lowest BCUT2D eigenvalue weighted by Crippen LogP contribution is -2.26. The maximum Gasteiger partial charge on any atom is 0.303 e. The summed E-state index contributed by atoms with van der Waals surface area (Å²) in [5.74, 6) is -0.890. The summed E-state index contributed by atoms with van der Waals surface area (Å²) in [6.45, 7) is 6.56. The number of aryl methyl sites for hydroxylation is 2. The molecule has 5 heterocycles. The van der Waals surface area contributed by atoms with Crippen LogP contribution in [0.25, 0.3) is 22.4 Å². The number of aromatic amines is 1. The normalized spacial score (nSPS) is 17.9. The lowest BCUT2D eigenvalue weighted by atomic mass is 9.75. The number of carbonyl (C=O) groups excluding carboxylic acids is 1. The Bertz CT molecular complexity index is 2250. The molecule has 6 aromatic rings. The van der Waals surface area contributed by atoms with Gasteiger partial charge < -0.3 is 10.1 Å². The first-order valence-electron chi connectivity index (χ1n) is 16.9. The van der Waals surface area contributed by atoms with Crippen LogP contribution >= 0.6 is 0 Å². The Balaban J connectivity index is 1.37. The minimum absolute atomic E-state index is 0.0301. The Hall–Kier alpha value is -5.52. The molecule has 1 atom stereocenters. The summed E-state index contributed by atoms with van der Waals surface area (Å²) in [6, 6.07) is 14.4. The third kappa shape index (κ3) is 6.10. The molecule has 0 saturated carbocycles. The van der Waals surface area contributed by atoms with E-state index < -0.39 is 23.0 Å². The van der Waals surface area contributed by atoms with E-state index in [1.807, 2.05) is 30.5 Å². The van der Waals surface area contributed by atoms with Gasteiger partial charge >= 0.3 is 5.97 Å². The van der Waals surface area contributed by atoms with E-state index in [-0.39, 0.29) is 29.5 Å². The maximum atomic E-state index is 15.9. The number of hydrogen-bond acceptors (Lipinski definition) is 7. The van der Waals surface area contributed by atoms with Crippen LogP contribution in [0, 0.1) is 5.82 Å². The second-order valence-corrected chi connectivity index (χ2v) is 14.1. The highest BCUT2D eigenvalue weighted by Gasteiger charge is 2.35. The quantitative estimate of drug-likeness (QED) is 0.214. The molecule has 4 aromatic heterocycles. The maximum absolute atomic E-state index is 15.9. The molecule has 50 heavy (non-hydrogen) atoms. The predicted molar refractivity (Wildman–Crippen MR) is 185 cm³/mol. The number of nitrogens with zero attached hydrogens (tertiary/aromatic N) is 7. The molecule has 1 aliphatic rings. The number of pyridine rings is 1. The summed E-state index contributed by atoms with van der Waals surface area (Å²) < 4.78 is 19.3. The number of fused-ring (bicyclic) bond motifs is 10. The largest absolute Gasteiger partial charge is 0.481 e. The molecule has 256 valence electrons. The Morgan fingerprint density at radius 3 is 2.72 bits per heavy atom. The molecule has 0 aliphatic carbocycles. The number of hydrogen-bond donors (Lipinski definition) is 2. The Morgan fingerprint density at radius 1 is 1.08 bits per heavy atom. The average Bonchev–Trinajstić information content (AvgIpc) is 3.86. The number of nitrogens with one attached hydrogen (secondary N) is 1. The molecule has 2 aromatic carbocycles. The topological polar surface area (TPSA) is 144 Å². The van der Waals surface area contributed by atoms with Gasteiger partial charge in [0.15, 0.2) is 17.4 Å². The molecule has 0 unspecified atom stereocenters. The molecule has 7 rings (SSSR count). The van der Waals surface area contributed by atoms with Gasteiger partial charge in [-0.25, -0.2) is 18.7 Å². The van der Waals surface area contributed by atoms with E-state index in [0.717, 1.165) is 47.9 Å². The van der Waals surface area contributed by atoms with E-state index in [1.54, 1.807) is 34.7 Å². The van der Waals surface area contributed by atoms with Crippen molar-refractivity contribution in [3.63, 3.8) is 0 Å². The van der Waals surface area contributed by atoms with Crippen molar-refractivity contribution in [3.05, 3.63) is 112 Å². The summed E-state index contributed by atoms with van der Waals surface area (Å²) >= 11 is 0. The fourth-order valence-electron chi connectivity index (χ4n) is 7.06. The average molecular weight is 675 g/mol. The number of carboxylic acids is 1. The molecule has 11 nitrogen and oxygen atoms in total. The van der Waals surface area contributed by atoms with Gasteiger partial charge in [0.05, 0.1) is 23.2 Å². The second-order valence-electron chi connectivity index (χ2n) is 14.1. The number of benzene rings is 2. The molecule has 12 heteroatoms. The molecule has 0 spiro atoms. The van der Waals surface area contributed by atoms with Gasteiger partial charge in [0.2, 0.25) is 0 Å². The van der Waals surface area contributed by atoms with E-state index in [1.165, 1.54) is 12.3 Å². The van der Waals surface area contributed by atoms with Gasteiger partial charge in [-0.3, -0.25) is 14.6 Å². The standard InChI is InChI=1S/C38H39FN8O3/c1-37(2)14-5-6-15-38(3,25-9-7-8-23(18-25)10-11-32(48)49)36-42-35(46(4)44-36)30-19-24(12-16-41-30)34(50)33-27(21-47-22-31(37)43-45-47)26-13-17-40-29(26)20-28(33)39/h7-9,12-13,16-20,22,40H,5-6,10-11,14-15,21H2,1-4H3,(H,48,49)/t38-/m1/s1. The van der Waals surface area contributed by atoms with Crippen molar-refractivity contribution in [2.45, 2.75) is 76.7 Å². The number of ketones is 1. The van der Waals surface area contributed by atoms with Gasteiger partial charge in [-0.05, 0) is 67.1 Å². The number of aliphatic carboxylic acids is 1.